The third-order valence-corrected chi connectivity index (χ3v) is 5.00. The molecule has 0 aromatic rings. The Labute approximate surface area is 107 Å². The lowest BCUT2D eigenvalue weighted by atomic mass is 9.84. The Kier molecular flexibility index (Phi) is 5.30. The average Bonchev–Trinajstić information content (AvgIpc) is 2.64. The minimum absolute atomic E-state index is 0.763. The van der Waals surface area contributed by atoms with Gasteiger partial charge in [0.15, 0.2) is 0 Å². The Morgan fingerprint density at radius 3 is 2.59 bits per heavy atom. The zero-order chi connectivity index (χ0) is 12.1. The van der Waals surface area contributed by atoms with Gasteiger partial charge in [-0.1, -0.05) is 26.2 Å². The Balaban J connectivity index is 1.83. The second-order valence-corrected chi connectivity index (χ2v) is 6.02. The maximum Gasteiger partial charge on any atom is 0.0110 e. The summed E-state index contributed by atoms with van der Waals surface area (Å²) in [5.74, 6) is 0.974. The smallest absolute Gasteiger partial charge is 0.0110 e. The van der Waals surface area contributed by atoms with Crippen molar-refractivity contribution in [1.82, 2.24) is 10.2 Å². The van der Waals surface area contributed by atoms with Crippen LogP contribution in [0.1, 0.15) is 58.8 Å². The molecule has 2 aliphatic rings. The van der Waals surface area contributed by atoms with E-state index >= 15 is 0 Å². The number of rotatable bonds is 3. The van der Waals surface area contributed by atoms with Gasteiger partial charge < -0.3 is 5.32 Å². The van der Waals surface area contributed by atoms with Crippen LogP contribution in [0.25, 0.3) is 0 Å². The van der Waals surface area contributed by atoms with E-state index in [0.717, 1.165) is 18.0 Å². The summed E-state index contributed by atoms with van der Waals surface area (Å²) in [6, 6.07) is 1.58. The molecule has 100 valence electrons. The van der Waals surface area contributed by atoms with E-state index in [9.17, 15) is 0 Å². The van der Waals surface area contributed by atoms with Crippen molar-refractivity contribution < 1.29 is 0 Å². The first kappa shape index (κ1) is 13.4. The summed E-state index contributed by atoms with van der Waals surface area (Å²) >= 11 is 0. The second-order valence-electron chi connectivity index (χ2n) is 6.02. The van der Waals surface area contributed by atoms with E-state index in [1.165, 1.54) is 64.6 Å². The molecule has 1 saturated carbocycles. The van der Waals surface area contributed by atoms with Gasteiger partial charge >= 0.3 is 0 Å². The van der Waals surface area contributed by atoms with Crippen molar-refractivity contribution in [3.8, 4) is 0 Å². The van der Waals surface area contributed by atoms with Crippen LogP contribution in [0.2, 0.25) is 0 Å². The van der Waals surface area contributed by atoms with Crippen molar-refractivity contribution >= 4 is 0 Å². The Bertz CT molecular complexity index is 211. The summed E-state index contributed by atoms with van der Waals surface area (Å²) in [4.78, 5) is 2.75. The SMILES string of the molecule is CCC1CCN(C(C)C2CCCCC2)CCN1. The summed E-state index contributed by atoms with van der Waals surface area (Å²) < 4.78 is 0. The molecule has 0 spiro atoms. The normalized spacial score (nSPS) is 31.1. The van der Waals surface area contributed by atoms with Crippen LogP contribution in [0.3, 0.4) is 0 Å². The molecule has 0 radical (unpaired) electrons. The van der Waals surface area contributed by atoms with Crippen molar-refractivity contribution in [3.05, 3.63) is 0 Å². The van der Waals surface area contributed by atoms with Gasteiger partial charge in [-0.25, -0.2) is 0 Å². The maximum atomic E-state index is 3.68. The second kappa shape index (κ2) is 6.75. The van der Waals surface area contributed by atoms with Crippen LogP contribution in [-0.4, -0.2) is 36.6 Å². The molecular weight excluding hydrogens is 208 g/mol. The average molecular weight is 238 g/mol. The molecule has 1 aliphatic carbocycles. The summed E-state index contributed by atoms with van der Waals surface area (Å²) in [5.41, 5.74) is 0. The molecule has 1 aliphatic heterocycles. The lowest BCUT2D eigenvalue weighted by Gasteiger charge is -2.36. The van der Waals surface area contributed by atoms with Gasteiger partial charge in [-0.3, -0.25) is 4.90 Å². The van der Waals surface area contributed by atoms with Gasteiger partial charge in [0.25, 0.3) is 0 Å². The molecule has 17 heavy (non-hydrogen) atoms. The van der Waals surface area contributed by atoms with Crippen LogP contribution in [0.4, 0.5) is 0 Å². The number of hydrogen-bond donors (Lipinski definition) is 1. The highest BCUT2D eigenvalue weighted by Crippen LogP contribution is 2.29. The van der Waals surface area contributed by atoms with Gasteiger partial charge in [0.05, 0.1) is 0 Å². The van der Waals surface area contributed by atoms with Crippen LogP contribution in [0.15, 0.2) is 0 Å². The first-order chi connectivity index (χ1) is 8.31. The van der Waals surface area contributed by atoms with Gasteiger partial charge in [0.1, 0.15) is 0 Å². The molecule has 2 atom stereocenters. The number of nitrogens with zero attached hydrogens (tertiary/aromatic N) is 1. The summed E-state index contributed by atoms with van der Waals surface area (Å²) in [6.07, 6.45) is 9.99. The van der Waals surface area contributed by atoms with Gasteiger partial charge in [-0.15, -0.1) is 0 Å². The topological polar surface area (TPSA) is 15.3 Å². The molecule has 1 N–H and O–H groups in total. The fraction of sp³-hybridized carbons (Fsp3) is 1.00. The molecule has 1 heterocycles. The first-order valence-electron chi connectivity index (χ1n) is 7.78. The number of hydrogen-bond acceptors (Lipinski definition) is 2. The van der Waals surface area contributed by atoms with Gasteiger partial charge in [-0.05, 0) is 45.1 Å². The molecular formula is C15H30N2. The van der Waals surface area contributed by atoms with Crippen LogP contribution in [-0.2, 0) is 0 Å². The summed E-state index contributed by atoms with van der Waals surface area (Å²) in [5, 5.41) is 3.68. The lowest BCUT2D eigenvalue weighted by Crippen LogP contribution is -2.41. The van der Waals surface area contributed by atoms with Crippen LogP contribution in [0.5, 0.6) is 0 Å². The van der Waals surface area contributed by atoms with Gasteiger partial charge in [-0.2, -0.15) is 0 Å². The molecule has 2 heteroatoms. The van der Waals surface area contributed by atoms with E-state index in [4.69, 9.17) is 0 Å². The highest BCUT2D eigenvalue weighted by atomic mass is 15.2. The molecule has 0 aromatic heterocycles. The molecule has 0 aromatic carbocycles. The fourth-order valence-electron chi connectivity index (χ4n) is 3.62. The molecule has 0 amide bonds. The van der Waals surface area contributed by atoms with Gasteiger partial charge in [0.2, 0.25) is 0 Å². The molecule has 0 bridgehead atoms. The van der Waals surface area contributed by atoms with E-state index < -0.39 is 0 Å². The van der Waals surface area contributed by atoms with E-state index in [2.05, 4.69) is 24.1 Å². The Morgan fingerprint density at radius 2 is 1.88 bits per heavy atom. The maximum absolute atomic E-state index is 3.68. The molecule has 2 rings (SSSR count). The van der Waals surface area contributed by atoms with Crippen LogP contribution in [0, 0.1) is 5.92 Å². The largest absolute Gasteiger partial charge is 0.313 e. The van der Waals surface area contributed by atoms with Crippen molar-refractivity contribution in [2.24, 2.45) is 5.92 Å². The number of nitrogens with one attached hydrogen (secondary N) is 1. The molecule has 2 unspecified atom stereocenters. The Hall–Kier alpha value is -0.0800. The minimum atomic E-state index is 0.763. The zero-order valence-electron chi connectivity index (χ0n) is 11.8. The van der Waals surface area contributed by atoms with Crippen LogP contribution >= 0.6 is 0 Å². The van der Waals surface area contributed by atoms with E-state index in [0.29, 0.717) is 0 Å². The van der Waals surface area contributed by atoms with Gasteiger partial charge in [0, 0.05) is 25.2 Å². The Morgan fingerprint density at radius 1 is 1.12 bits per heavy atom. The van der Waals surface area contributed by atoms with Crippen molar-refractivity contribution in [2.75, 3.05) is 19.6 Å². The first-order valence-corrected chi connectivity index (χ1v) is 7.78. The van der Waals surface area contributed by atoms with E-state index in [1.807, 2.05) is 0 Å². The lowest BCUT2D eigenvalue weighted by molar-refractivity contribution is 0.136. The van der Waals surface area contributed by atoms with Crippen molar-refractivity contribution in [1.29, 1.82) is 0 Å². The zero-order valence-corrected chi connectivity index (χ0v) is 11.8. The highest BCUT2D eigenvalue weighted by molar-refractivity contribution is 4.82. The summed E-state index contributed by atoms with van der Waals surface area (Å²) in [7, 11) is 0. The quantitative estimate of drug-likeness (QED) is 0.813. The minimum Gasteiger partial charge on any atom is -0.313 e. The predicted molar refractivity (Wildman–Crippen MR) is 74.3 cm³/mol. The predicted octanol–water partition coefficient (Wildman–Crippen LogP) is 3.03. The third-order valence-electron chi connectivity index (χ3n) is 5.00. The van der Waals surface area contributed by atoms with E-state index in [1.54, 1.807) is 0 Å². The monoisotopic (exact) mass is 238 g/mol. The standard InChI is InChI=1S/C15H30N2/c1-3-15-9-11-17(12-10-16-15)13(2)14-7-5-4-6-8-14/h13-16H,3-12H2,1-2H3. The molecule has 2 nitrogen and oxygen atoms in total. The third kappa shape index (κ3) is 3.69. The van der Waals surface area contributed by atoms with Crippen LogP contribution < -0.4 is 5.32 Å². The fourth-order valence-corrected chi connectivity index (χ4v) is 3.62. The van der Waals surface area contributed by atoms with Crippen molar-refractivity contribution in [3.63, 3.8) is 0 Å². The highest BCUT2D eigenvalue weighted by Gasteiger charge is 2.26. The molecule has 2 fully saturated rings. The van der Waals surface area contributed by atoms with Crippen molar-refractivity contribution in [2.45, 2.75) is 70.9 Å². The van der Waals surface area contributed by atoms with E-state index in [-0.39, 0.29) is 0 Å². The summed E-state index contributed by atoms with van der Waals surface area (Å²) in [6.45, 7) is 8.53. The molecule has 1 saturated heterocycles.